The molecule has 1 aliphatic carbocycles. The van der Waals surface area contributed by atoms with Crippen molar-refractivity contribution in [3.05, 3.63) is 0 Å². The molecule has 1 heterocycles. The summed E-state index contributed by atoms with van der Waals surface area (Å²) < 4.78 is 0. The van der Waals surface area contributed by atoms with Gasteiger partial charge in [-0.1, -0.05) is 20.8 Å². The first-order valence-electron chi connectivity index (χ1n) is 6.91. The number of hydrogen-bond acceptors (Lipinski definition) is 2. The van der Waals surface area contributed by atoms with E-state index in [0.29, 0.717) is 5.41 Å². The predicted octanol–water partition coefficient (Wildman–Crippen LogP) is 2.49. The van der Waals surface area contributed by atoms with Gasteiger partial charge in [-0.25, -0.2) is 0 Å². The first-order chi connectivity index (χ1) is 7.50. The molecule has 1 saturated carbocycles. The van der Waals surface area contributed by atoms with Gasteiger partial charge in [-0.2, -0.15) is 0 Å². The molecular weight excluding hydrogens is 196 g/mol. The summed E-state index contributed by atoms with van der Waals surface area (Å²) in [6.45, 7) is 9.89. The van der Waals surface area contributed by atoms with Gasteiger partial charge >= 0.3 is 0 Å². The van der Waals surface area contributed by atoms with Crippen molar-refractivity contribution in [1.29, 1.82) is 0 Å². The maximum Gasteiger partial charge on any atom is 0.0204 e. The van der Waals surface area contributed by atoms with Gasteiger partial charge in [0.2, 0.25) is 0 Å². The van der Waals surface area contributed by atoms with Crippen LogP contribution >= 0.6 is 0 Å². The van der Waals surface area contributed by atoms with Crippen LogP contribution in [0.2, 0.25) is 0 Å². The van der Waals surface area contributed by atoms with Crippen LogP contribution in [0.1, 0.15) is 46.5 Å². The van der Waals surface area contributed by atoms with Crippen molar-refractivity contribution in [2.75, 3.05) is 20.1 Å². The smallest absolute Gasteiger partial charge is 0.0204 e. The van der Waals surface area contributed by atoms with E-state index in [1.54, 1.807) is 0 Å². The lowest BCUT2D eigenvalue weighted by atomic mass is 9.70. The van der Waals surface area contributed by atoms with E-state index in [0.717, 1.165) is 18.0 Å². The molecule has 0 amide bonds. The molecule has 0 bridgehead atoms. The Balaban J connectivity index is 1.94. The number of rotatable bonds is 2. The molecule has 0 aromatic rings. The molecule has 0 spiro atoms. The molecule has 0 aromatic carbocycles. The molecule has 0 aromatic heterocycles. The van der Waals surface area contributed by atoms with Crippen LogP contribution in [0.4, 0.5) is 0 Å². The van der Waals surface area contributed by atoms with E-state index < -0.39 is 0 Å². The van der Waals surface area contributed by atoms with Gasteiger partial charge in [0.1, 0.15) is 0 Å². The third kappa shape index (κ3) is 2.78. The molecule has 3 atom stereocenters. The van der Waals surface area contributed by atoms with Crippen molar-refractivity contribution in [3.63, 3.8) is 0 Å². The molecule has 1 saturated heterocycles. The van der Waals surface area contributed by atoms with Crippen molar-refractivity contribution in [1.82, 2.24) is 10.2 Å². The number of likely N-dealkylation sites (N-methyl/N-ethyl adjacent to an activating group) is 1. The Labute approximate surface area is 101 Å². The number of nitrogens with one attached hydrogen (secondary N) is 1. The summed E-state index contributed by atoms with van der Waals surface area (Å²) in [5.74, 6) is 0.905. The van der Waals surface area contributed by atoms with E-state index in [4.69, 9.17) is 0 Å². The molecule has 0 radical (unpaired) electrons. The maximum atomic E-state index is 3.42. The fraction of sp³-hybridized carbons (Fsp3) is 1.00. The lowest BCUT2D eigenvalue weighted by Gasteiger charge is -2.42. The van der Waals surface area contributed by atoms with Crippen LogP contribution in [-0.2, 0) is 0 Å². The summed E-state index contributed by atoms with van der Waals surface area (Å²) in [4.78, 5) is 2.73. The van der Waals surface area contributed by atoms with E-state index >= 15 is 0 Å². The molecule has 94 valence electrons. The zero-order valence-corrected chi connectivity index (χ0v) is 11.4. The molecule has 16 heavy (non-hydrogen) atoms. The Hall–Kier alpha value is -0.0800. The molecule has 2 aliphatic rings. The van der Waals surface area contributed by atoms with Crippen LogP contribution in [0.5, 0.6) is 0 Å². The topological polar surface area (TPSA) is 15.3 Å². The number of likely N-dealkylation sites (tertiary alicyclic amines) is 1. The molecule has 2 nitrogen and oxygen atoms in total. The minimum atomic E-state index is 0.556. The van der Waals surface area contributed by atoms with Crippen molar-refractivity contribution in [2.45, 2.75) is 58.5 Å². The fourth-order valence-electron chi connectivity index (χ4n) is 3.93. The zero-order valence-electron chi connectivity index (χ0n) is 11.4. The summed E-state index contributed by atoms with van der Waals surface area (Å²) in [6.07, 6.45) is 5.56. The second kappa shape index (κ2) is 4.66. The van der Waals surface area contributed by atoms with E-state index in [1.165, 1.54) is 38.8 Å². The maximum absolute atomic E-state index is 3.42. The number of hydrogen-bond donors (Lipinski definition) is 1. The SMILES string of the molecule is CNC1CCN(C2CC(C)CC(C)(C)C2)C1. The molecule has 3 unspecified atom stereocenters. The third-order valence-electron chi connectivity index (χ3n) is 4.51. The summed E-state index contributed by atoms with van der Waals surface area (Å²) >= 11 is 0. The van der Waals surface area contributed by atoms with Crippen LogP contribution in [0.3, 0.4) is 0 Å². The van der Waals surface area contributed by atoms with Gasteiger partial charge in [0.25, 0.3) is 0 Å². The normalized spacial score (nSPS) is 40.1. The second-order valence-corrected chi connectivity index (χ2v) is 6.84. The quantitative estimate of drug-likeness (QED) is 0.775. The average Bonchev–Trinajstić information content (AvgIpc) is 2.62. The summed E-state index contributed by atoms with van der Waals surface area (Å²) in [5.41, 5.74) is 0.556. The molecular formula is C14H28N2. The van der Waals surface area contributed by atoms with E-state index in [2.05, 4.69) is 38.0 Å². The van der Waals surface area contributed by atoms with Crippen molar-refractivity contribution >= 4 is 0 Å². The summed E-state index contributed by atoms with van der Waals surface area (Å²) in [6, 6.07) is 1.58. The highest BCUT2D eigenvalue weighted by atomic mass is 15.2. The summed E-state index contributed by atoms with van der Waals surface area (Å²) in [5, 5.41) is 3.42. The minimum Gasteiger partial charge on any atom is -0.316 e. The second-order valence-electron chi connectivity index (χ2n) is 6.84. The average molecular weight is 224 g/mol. The molecule has 2 fully saturated rings. The number of nitrogens with zero attached hydrogens (tertiary/aromatic N) is 1. The molecule has 2 heteroatoms. The van der Waals surface area contributed by atoms with Gasteiger partial charge in [-0.3, -0.25) is 4.90 Å². The van der Waals surface area contributed by atoms with Crippen LogP contribution < -0.4 is 5.32 Å². The third-order valence-corrected chi connectivity index (χ3v) is 4.51. The van der Waals surface area contributed by atoms with Crippen molar-refractivity contribution in [3.8, 4) is 0 Å². The Bertz CT molecular complexity index is 237. The van der Waals surface area contributed by atoms with Gasteiger partial charge in [-0.05, 0) is 44.1 Å². The summed E-state index contributed by atoms with van der Waals surface area (Å²) in [7, 11) is 2.10. The molecule has 2 rings (SSSR count). The van der Waals surface area contributed by atoms with Crippen LogP contribution in [0, 0.1) is 11.3 Å². The van der Waals surface area contributed by atoms with E-state index in [-0.39, 0.29) is 0 Å². The first kappa shape index (κ1) is 12.4. The van der Waals surface area contributed by atoms with Crippen LogP contribution in [-0.4, -0.2) is 37.1 Å². The highest BCUT2D eigenvalue weighted by Gasteiger charge is 2.36. The van der Waals surface area contributed by atoms with Gasteiger partial charge in [0, 0.05) is 25.2 Å². The van der Waals surface area contributed by atoms with Crippen LogP contribution in [0.25, 0.3) is 0 Å². The Morgan fingerprint density at radius 3 is 2.56 bits per heavy atom. The monoisotopic (exact) mass is 224 g/mol. The standard InChI is InChI=1S/C14H28N2/c1-11-7-13(9-14(2,3)8-11)16-6-5-12(10-16)15-4/h11-13,15H,5-10H2,1-4H3. The largest absolute Gasteiger partial charge is 0.316 e. The van der Waals surface area contributed by atoms with E-state index in [9.17, 15) is 0 Å². The van der Waals surface area contributed by atoms with Crippen LogP contribution in [0.15, 0.2) is 0 Å². The van der Waals surface area contributed by atoms with Gasteiger partial charge < -0.3 is 5.32 Å². The highest BCUT2D eigenvalue weighted by Crippen LogP contribution is 2.41. The van der Waals surface area contributed by atoms with Gasteiger partial charge in [0.05, 0.1) is 0 Å². The van der Waals surface area contributed by atoms with Gasteiger partial charge in [-0.15, -0.1) is 0 Å². The zero-order chi connectivity index (χ0) is 11.8. The Kier molecular flexibility index (Phi) is 3.60. The van der Waals surface area contributed by atoms with E-state index in [1.807, 2.05) is 0 Å². The van der Waals surface area contributed by atoms with Crippen molar-refractivity contribution < 1.29 is 0 Å². The first-order valence-corrected chi connectivity index (χ1v) is 6.91. The lowest BCUT2D eigenvalue weighted by Crippen LogP contribution is -2.43. The fourth-order valence-corrected chi connectivity index (χ4v) is 3.93. The van der Waals surface area contributed by atoms with Gasteiger partial charge in [0.15, 0.2) is 0 Å². The highest BCUT2D eigenvalue weighted by molar-refractivity contribution is 4.92. The Morgan fingerprint density at radius 2 is 2.00 bits per heavy atom. The Morgan fingerprint density at radius 1 is 1.25 bits per heavy atom. The lowest BCUT2D eigenvalue weighted by molar-refractivity contribution is 0.0806. The van der Waals surface area contributed by atoms with Crippen molar-refractivity contribution in [2.24, 2.45) is 11.3 Å². The molecule has 1 aliphatic heterocycles. The minimum absolute atomic E-state index is 0.556. The predicted molar refractivity (Wildman–Crippen MR) is 69.6 cm³/mol. The molecule has 1 N–H and O–H groups in total.